The maximum absolute atomic E-state index is 13.1. The first-order valence-corrected chi connectivity index (χ1v) is 11.6. The van der Waals surface area contributed by atoms with Crippen molar-refractivity contribution in [1.82, 2.24) is 15.8 Å². The van der Waals surface area contributed by atoms with Gasteiger partial charge < -0.3 is 0 Å². The number of para-hydroxylation sites is 1. The van der Waals surface area contributed by atoms with Crippen LogP contribution in [0.15, 0.2) is 54.6 Å². The number of fused-ring (bicyclic) bond motifs is 3. The summed E-state index contributed by atoms with van der Waals surface area (Å²) in [7, 11) is 0. The van der Waals surface area contributed by atoms with Gasteiger partial charge in [-0.25, -0.2) is 4.98 Å². The summed E-state index contributed by atoms with van der Waals surface area (Å²) in [6.45, 7) is 2.02. The number of hydrogen-bond donors (Lipinski definition) is 2. The van der Waals surface area contributed by atoms with Gasteiger partial charge in [0, 0.05) is 28.7 Å². The first-order chi connectivity index (χ1) is 16.0. The number of benzene rings is 2. The molecule has 2 aliphatic carbocycles. The number of ketones is 1. The van der Waals surface area contributed by atoms with E-state index in [2.05, 4.69) is 10.9 Å². The largest absolute Gasteiger partial charge is 0.299 e. The van der Waals surface area contributed by atoms with Gasteiger partial charge in [0.05, 0.1) is 16.8 Å². The van der Waals surface area contributed by atoms with E-state index in [1.54, 1.807) is 6.07 Å². The Balaban J connectivity index is 1.35. The van der Waals surface area contributed by atoms with E-state index >= 15 is 0 Å². The highest BCUT2D eigenvalue weighted by molar-refractivity contribution is 6.07. The van der Waals surface area contributed by atoms with E-state index in [-0.39, 0.29) is 29.6 Å². The van der Waals surface area contributed by atoms with Gasteiger partial charge in [-0.2, -0.15) is 0 Å². The average molecular weight is 442 g/mol. The SMILES string of the molecule is Cc1ccc(-c2cc(C(=O)NNC(=O)C3CC4CCCC(C3)C4=O)c3ccccc3n2)cc1. The fourth-order valence-electron chi connectivity index (χ4n) is 5.22. The number of pyridine rings is 1. The minimum atomic E-state index is -0.387. The van der Waals surface area contributed by atoms with Crippen LogP contribution in [0.5, 0.6) is 0 Å². The van der Waals surface area contributed by atoms with Crippen LogP contribution in [0.25, 0.3) is 22.2 Å². The van der Waals surface area contributed by atoms with E-state index in [1.165, 1.54) is 0 Å². The van der Waals surface area contributed by atoms with Crippen molar-refractivity contribution in [3.05, 3.63) is 65.7 Å². The smallest absolute Gasteiger partial charge is 0.270 e. The van der Waals surface area contributed by atoms with Crippen LogP contribution in [-0.2, 0) is 9.59 Å². The minimum absolute atomic E-state index is 0.00911. The molecule has 0 saturated heterocycles. The number of amides is 2. The lowest BCUT2D eigenvalue weighted by Gasteiger charge is -2.36. The van der Waals surface area contributed by atoms with Crippen molar-refractivity contribution < 1.29 is 14.4 Å². The number of aryl methyl sites for hydroxylation is 1. The van der Waals surface area contributed by atoms with Crippen LogP contribution >= 0.6 is 0 Å². The number of nitrogens with zero attached hydrogens (tertiary/aromatic N) is 1. The van der Waals surface area contributed by atoms with Crippen LogP contribution in [0.4, 0.5) is 0 Å². The maximum atomic E-state index is 13.1. The Bertz CT molecular complexity index is 1220. The highest BCUT2D eigenvalue weighted by Crippen LogP contribution is 2.40. The van der Waals surface area contributed by atoms with Gasteiger partial charge >= 0.3 is 0 Å². The van der Waals surface area contributed by atoms with Crippen molar-refractivity contribution >= 4 is 28.5 Å². The number of hydrazine groups is 1. The van der Waals surface area contributed by atoms with Crippen molar-refractivity contribution in [2.24, 2.45) is 17.8 Å². The quantitative estimate of drug-likeness (QED) is 0.591. The van der Waals surface area contributed by atoms with Crippen LogP contribution in [0.2, 0.25) is 0 Å². The van der Waals surface area contributed by atoms with Crippen molar-refractivity contribution in [3.63, 3.8) is 0 Å². The zero-order valence-electron chi connectivity index (χ0n) is 18.6. The van der Waals surface area contributed by atoms with E-state index < -0.39 is 0 Å². The molecule has 5 rings (SSSR count). The topological polar surface area (TPSA) is 88.2 Å². The lowest BCUT2D eigenvalue weighted by atomic mass is 9.67. The molecule has 6 nitrogen and oxygen atoms in total. The van der Waals surface area contributed by atoms with Crippen LogP contribution in [0, 0.1) is 24.7 Å². The molecule has 2 aromatic carbocycles. The molecule has 2 fully saturated rings. The van der Waals surface area contributed by atoms with Crippen LogP contribution < -0.4 is 10.9 Å². The molecule has 3 aromatic rings. The molecule has 0 spiro atoms. The highest BCUT2D eigenvalue weighted by Gasteiger charge is 2.41. The molecule has 2 saturated carbocycles. The third-order valence-electron chi connectivity index (χ3n) is 7.03. The molecule has 1 heterocycles. The number of Topliss-reactive ketones (excluding diaryl/α,β-unsaturated/α-hetero) is 1. The van der Waals surface area contributed by atoms with Crippen LogP contribution in [0.1, 0.15) is 48.0 Å². The van der Waals surface area contributed by atoms with Gasteiger partial charge in [0.25, 0.3) is 5.91 Å². The summed E-state index contributed by atoms with van der Waals surface area (Å²) in [5.41, 5.74) is 9.15. The Morgan fingerprint density at radius 2 is 1.64 bits per heavy atom. The van der Waals surface area contributed by atoms with Gasteiger partial charge in [-0.05, 0) is 44.7 Å². The van der Waals surface area contributed by atoms with Gasteiger partial charge in [0.2, 0.25) is 5.91 Å². The standard InChI is InChI=1S/C27H27N3O3/c1-16-9-11-17(12-10-16)24-15-22(21-7-2-3-8-23(21)28-24)27(33)30-29-26(32)20-13-18-5-4-6-19(14-20)25(18)31/h2-3,7-12,15,18-20H,4-6,13-14H2,1H3,(H,29,32)(H,30,33). The number of carbonyl (C=O) groups excluding carboxylic acids is 3. The predicted octanol–water partition coefficient (Wildman–Crippen LogP) is 4.37. The number of nitrogens with one attached hydrogen (secondary N) is 2. The van der Waals surface area contributed by atoms with Gasteiger partial charge in [0.1, 0.15) is 5.78 Å². The molecule has 33 heavy (non-hydrogen) atoms. The molecule has 1 aromatic heterocycles. The van der Waals surface area contributed by atoms with Crippen molar-refractivity contribution in [3.8, 4) is 11.3 Å². The summed E-state index contributed by atoms with van der Waals surface area (Å²) in [6, 6.07) is 17.2. The van der Waals surface area contributed by atoms with Gasteiger partial charge in [-0.1, -0.05) is 54.4 Å². The molecular weight excluding hydrogens is 414 g/mol. The summed E-state index contributed by atoms with van der Waals surface area (Å²) >= 11 is 0. The van der Waals surface area contributed by atoms with E-state index in [4.69, 9.17) is 4.98 Å². The van der Waals surface area contributed by atoms with Crippen molar-refractivity contribution in [2.45, 2.75) is 39.0 Å². The Morgan fingerprint density at radius 3 is 2.36 bits per heavy atom. The van der Waals surface area contributed by atoms with Crippen LogP contribution in [-0.4, -0.2) is 22.6 Å². The molecule has 6 heteroatoms. The molecule has 168 valence electrons. The van der Waals surface area contributed by atoms with E-state index in [9.17, 15) is 14.4 Å². The molecule has 2 amide bonds. The molecule has 2 unspecified atom stereocenters. The zero-order chi connectivity index (χ0) is 22.9. The lowest BCUT2D eigenvalue weighted by molar-refractivity contribution is -0.138. The third-order valence-corrected chi connectivity index (χ3v) is 7.03. The first-order valence-electron chi connectivity index (χ1n) is 11.6. The molecule has 0 aliphatic heterocycles. The van der Waals surface area contributed by atoms with Gasteiger partial charge in [-0.3, -0.25) is 25.2 Å². The monoisotopic (exact) mass is 441 g/mol. The minimum Gasteiger partial charge on any atom is -0.299 e. The summed E-state index contributed by atoms with van der Waals surface area (Å²) in [6.07, 6.45) is 3.96. The fourth-order valence-corrected chi connectivity index (χ4v) is 5.22. The van der Waals surface area contributed by atoms with Crippen molar-refractivity contribution in [2.75, 3.05) is 0 Å². The summed E-state index contributed by atoms with van der Waals surface area (Å²) in [5, 5.41) is 0.720. The number of aromatic nitrogens is 1. The van der Waals surface area contributed by atoms with E-state index in [1.807, 2.05) is 55.5 Å². The highest BCUT2D eigenvalue weighted by atomic mass is 16.2. The Hall–Kier alpha value is -3.54. The Kier molecular flexibility index (Phi) is 5.67. The summed E-state index contributed by atoms with van der Waals surface area (Å²) in [5.74, 6) is -0.542. The first kappa shape index (κ1) is 21.3. The summed E-state index contributed by atoms with van der Waals surface area (Å²) < 4.78 is 0. The second kappa shape index (κ2) is 8.77. The summed E-state index contributed by atoms with van der Waals surface area (Å²) in [4.78, 5) is 43.0. The maximum Gasteiger partial charge on any atom is 0.270 e. The molecular formula is C27H27N3O3. The normalized spacial score (nSPS) is 22.1. The molecule has 2 bridgehead atoms. The zero-order valence-corrected chi connectivity index (χ0v) is 18.6. The van der Waals surface area contributed by atoms with E-state index in [0.29, 0.717) is 35.4 Å². The number of hydrogen-bond acceptors (Lipinski definition) is 4. The van der Waals surface area contributed by atoms with E-state index in [0.717, 1.165) is 35.8 Å². The van der Waals surface area contributed by atoms with Crippen molar-refractivity contribution in [1.29, 1.82) is 0 Å². The second-order valence-corrected chi connectivity index (χ2v) is 9.28. The Morgan fingerprint density at radius 1 is 0.939 bits per heavy atom. The molecule has 2 N–H and O–H groups in total. The van der Waals surface area contributed by atoms with Gasteiger partial charge in [-0.15, -0.1) is 0 Å². The number of carbonyl (C=O) groups is 3. The average Bonchev–Trinajstić information content (AvgIpc) is 2.82. The second-order valence-electron chi connectivity index (χ2n) is 9.28. The molecule has 2 atom stereocenters. The predicted molar refractivity (Wildman–Crippen MR) is 126 cm³/mol. The van der Waals surface area contributed by atoms with Gasteiger partial charge in [0.15, 0.2) is 0 Å². The Labute approximate surface area is 192 Å². The third kappa shape index (κ3) is 4.25. The van der Waals surface area contributed by atoms with Crippen LogP contribution in [0.3, 0.4) is 0 Å². The molecule has 2 aliphatic rings. The lowest BCUT2D eigenvalue weighted by Crippen LogP contribution is -2.48. The molecule has 0 radical (unpaired) electrons. The fraction of sp³-hybridized carbons (Fsp3) is 0.333. The number of rotatable bonds is 3.